The summed E-state index contributed by atoms with van der Waals surface area (Å²) in [5, 5.41) is 2.71. The van der Waals surface area contributed by atoms with Crippen LogP contribution < -0.4 is 5.32 Å². The van der Waals surface area contributed by atoms with Gasteiger partial charge in [0.15, 0.2) is 5.78 Å². The highest BCUT2D eigenvalue weighted by molar-refractivity contribution is 6.14. The van der Waals surface area contributed by atoms with Crippen LogP contribution in [0.2, 0.25) is 0 Å². The standard InChI is InChI=1S/C19H14N2O2/c22-17(14-8-3-1-4-9-14)16-12-7-13-20-18(16)21-19(23)15-10-5-2-6-11-15/h1-13H,(H,20,21,23). The molecule has 1 heterocycles. The predicted octanol–water partition coefficient (Wildman–Crippen LogP) is 3.56. The molecule has 0 unspecified atom stereocenters. The first-order valence-corrected chi connectivity index (χ1v) is 7.17. The number of rotatable bonds is 4. The van der Waals surface area contributed by atoms with Gasteiger partial charge in [-0.15, -0.1) is 0 Å². The number of aromatic nitrogens is 1. The molecule has 0 bridgehead atoms. The Kier molecular flexibility index (Phi) is 4.25. The normalized spacial score (nSPS) is 10.1. The number of carbonyl (C=O) groups excluding carboxylic acids is 2. The summed E-state index contributed by atoms with van der Waals surface area (Å²) >= 11 is 0. The van der Waals surface area contributed by atoms with Crippen molar-refractivity contribution in [2.45, 2.75) is 0 Å². The molecule has 1 N–H and O–H groups in total. The zero-order chi connectivity index (χ0) is 16.1. The first-order chi connectivity index (χ1) is 11.3. The highest BCUT2D eigenvalue weighted by Crippen LogP contribution is 2.17. The molecule has 0 saturated carbocycles. The van der Waals surface area contributed by atoms with Crippen molar-refractivity contribution < 1.29 is 9.59 Å². The molecule has 0 atom stereocenters. The van der Waals surface area contributed by atoms with E-state index in [1.165, 1.54) is 0 Å². The van der Waals surface area contributed by atoms with Gasteiger partial charge >= 0.3 is 0 Å². The smallest absolute Gasteiger partial charge is 0.256 e. The number of carbonyl (C=O) groups is 2. The van der Waals surface area contributed by atoms with Crippen LogP contribution in [0.15, 0.2) is 79.0 Å². The number of nitrogens with zero attached hydrogens (tertiary/aromatic N) is 1. The maximum atomic E-state index is 12.6. The molecule has 2 aromatic carbocycles. The number of hydrogen-bond donors (Lipinski definition) is 1. The molecule has 112 valence electrons. The lowest BCUT2D eigenvalue weighted by Crippen LogP contribution is -2.16. The molecule has 3 rings (SSSR count). The van der Waals surface area contributed by atoms with Gasteiger partial charge in [0.25, 0.3) is 5.91 Å². The minimum atomic E-state index is -0.300. The van der Waals surface area contributed by atoms with Gasteiger partial charge in [-0.05, 0) is 24.3 Å². The van der Waals surface area contributed by atoms with Crippen LogP contribution >= 0.6 is 0 Å². The summed E-state index contributed by atoms with van der Waals surface area (Å²) in [4.78, 5) is 29.0. The van der Waals surface area contributed by atoms with Crippen molar-refractivity contribution in [1.29, 1.82) is 0 Å². The lowest BCUT2D eigenvalue weighted by molar-refractivity contribution is 0.102. The van der Waals surface area contributed by atoms with Crippen LogP contribution in [0.1, 0.15) is 26.3 Å². The van der Waals surface area contributed by atoms with E-state index in [0.717, 1.165) is 0 Å². The third-order valence-corrected chi connectivity index (χ3v) is 3.36. The van der Waals surface area contributed by atoms with E-state index >= 15 is 0 Å². The fourth-order valence-electron chi connectivity index (χ4n) is 2.20. The topological polar surface area (TPSA) is 59.1 Å². The Hall–Kier alpha value is -3.27. The van der Waals surface area contributed by atoms with Crippen LogP contribution in [0.4, 0.5) is 5.82 Å². The Labute approximate surface area is 133 Å². The van der Waals surface area contributed by atoms with Gasteiger partial charge < -0.3 is 5.32 Å². The largest absolute Gasteiger partial charge is 0.306 e. The summed E-state index contributed by atoms with van der Waals surface area (Å²) in [5.74, 6) is -0.219. The Morgan fingerprint density at radius 2 is 1.35 bits per heavy atom. The van der Waals surface area contributed by atoms with E-state index in [1.54, 1.807) is 66.9 Å². The van der Waals surface area contributed by atoms with E-state index in [-0.39, 0.29) is 17.5 Å². The number of hydrogen-bond acceptors (Lipinski definition) is 3. The lowest BCUT2D eigenvalue weighted by Gasteiger charge is -2.09. The van der Waals surface area contributed by atoms with Crippen molar-refractivity contribution in [1.82, 2.24) is 4.98 Å². The van der Waals surface area contributed by atoms with E-state index in [9.17, 15) is 9.59 Å². The zero-order valence-corrected chi connectivity index (χ0v) is 12.3. The van der Waals surface area contributed by atoms with Gasteiger partial charge in [-0.1, -0.05) is 48.5 Å². The van der Waals surface area contributed by atoms with Gasteiger partial charge in [0.1, 0.15) is 5.82 Å². The van der Waals surface area contributed by atoms with Crippen LogP contribution in [0.5, 0.6) is 0 Å². The van der Waals surface area contributed by atoms with Crippen molar-refractivity contribution in [2.24, 2.45) is 0 Å². The second-order valence-corrected chi connectivity index (χ2v) is 4.91. The van der Waals surface area contributed by atoms with Crippen LogP contribution in [-0.2, 0) is 0 Å². The average Bonchev–Trinajstić information content (AvgIpc) is 2.63. The summed E-state index contributed by atoms with van der Waals surface area (Å²) < 4.78 is 0. The lowest BCUT2D eigenvalue weighted by atomic mass is 10.0. The predicted molar refractivity (Wildman–Crippen MR) is 88.5 cm³/mol. The maximum absolute atomic E-state index is 12.6. The minimum absolute atomic E-state index is 0.179. The van der Waals surface area contributed by atoms with Gasteiger partial charge in [-0.3, -0.25) is 9.59 Å². The molecule has 0 aliphatic rings. The Morgan fingerprint density at radius 3 is 2.00 bits per heavy atom. The van der Waals surface area contributed by atoms with Crippen molar-refractivity contribution in [3.8, 4) is 0 Å². The zero-order valence-electron chi connectivity index (χ0n) is 12.3. The van der Waals surface area contributed by atoms with Crippen LogP contribution in [0.3, 0.4) is 0 Å². The van der Waals surface area contributed by atoms with Gasteiger partial charge in [0.2, 0.25) is 0 Å². The van der Waals surface area contributed by atoms with Crippen LogP contribution in [0.25, 0.3) is 0 Å². The first kappa shape index (κ1) is 14.7. The number of nitrogens with one attached hydrogen (secondary N) is 1. The Morgan fingerprint density at radius 1 is 0.739 bits per heavy atom. The molecular weight excluding hydrogens is 288 g/mol. The fraction of sp³-hybridized carbons (Fsp3) is 0. The summed E-state index contributed by atoms with van der Waals surface area (Å²) in [6, 6.07) is 21.0. The Bertz CT molecular complexity index is 830. The molecule has 0 saturated heterocycles. The molecule has 3 aromatic rings. The van der Waals surface area contributed by atoms with E-state index < -0.39 is 0 Å². The molecule has 0 radical (unpaired) electrons. The van der Waals surface area contributed by atoms with E-state index in [2.05, 4.69) is 10.3 Å². The molecular formula is C19H14N2O2. The molecule has 4 nitrogen and oxygen atoms in total. The number of benzene rings is 2. The van der Waals surface area contributed by atoms with Gasteiger partial charge in [0.05, 0.1) is 5.56 Å². The molecule has 1 aromatic heterocycles. The third-order valence-electron chi connectivity index (χ3n) is 3.36. The van der Waals surface area contributed by atoms with E-state index in [4.69, 9.17) is 0 Å². The molecule has 0 aliphatic carbocycles. The van der Waals surface area contributed by atoms with Crippen molar-refractivity contribution in [2.75, 3.05) is 5.32 Å². The molecule has 1 amide bonds. The van der Waals surface area contributed by atoms with Crippen LogP contribution in [-0.4, -0.2) is 16.7 Å². The summed E-state index contributed by atoms with van der Waals surface area (Å²) in [7, 11) is 0. The highest BCUT2D eigenvalue weighted by atomic mass is 16.2. The highest BCUT2D eigenvalue weighted by Gasteiger charge is 2.16. The van der Waals surface area contributed by atoms with Gasteiger partial charge in [-0.2, -0.15) is 0 Å². The second-order valence-electron chi connectivity index (χ2n) is 4.91. The number of ketones is 1. The fourth-order valence-corrected chi connectivity index (χ4v) is 2.20. The maximum Gasteiger partial charge on any atom is 0.256 e. The number of anilines is 1. The monoisotopic (exact) mass is 302 g/mol. The molecule has 0 fully saturated rings. The van der Waals surface area contributed by atoms with Gasteiger partial charge in [0, 0.05) is 17.3 Å². The SMILES string of the molecule is O=C(Nc1ncccc1C(=O)c1ccccc1)c1ccccc1. The second kappa shape index (κ2) is 6.66. The van der Waals surface area contributed by atoms with E-state index in [1.807, 2.05) is 12.1 Å². The molecule has 0 spiro atoms. The summed E-state index contributed by atoms with van der Waals surface area (Å²) in [6.45, 7) is 0. The van der Waals surface area contributed by atoms with Crippen molar-refractivity contribution >= 4 is 17.5 Å². The van der Waals surface area contributed by atoms with Crippen molar-refractivity contribution in [3.05, 3.63) is 95.7 Å². The minimum Gasteiger partial charge on any atom is -0.306 e. The summed E-state index contributed by atoms with van der Waals surface area (Å²) in [5.41, 5.74) is 1.43. The average molecular weight is 302 g/mol. The summed E-state index contributed by atoms with van der Waals surface area (Å²) in [6.07, 6.45) is 1.54. The molecule has 0 aliphatic heterocycles. The Balaban J connectivity index is 1.90. The quantitative estimate of drug-likeness (QED) is 0.750. The van der Waals surface area contributed by atoms with E-state index in [0.29, 0.717) is 16.7 Å². The molecule has 23 heavy (non-hydrogen) atoms. The number of pyridine rings is 1. The third kappa shape index (κ3) is 3.32. The van der Waals surface area contributed by atoms with Crippen molar-refractivity contribution in [3.63, 3.8) is 0 Å². The van der Waals surface area contributed by atoms with Crippen LogP contribution in [0, 0.1) is 0 Å². The van der Waals surface area contributed by atoms with Gasteiger partial charge in [-0.25, -0.2) is 4.98 Å². The molecule has 4 heteroatoms. The number of amides is 1. The first-order valence-electron chi connectivity index (χ1n) is 7.17.